The largest absolute Gasteiger partial charge is 0.486 e. The Morgan fingerprint density at radius 3 is 2.75 bits per heavy atom. The number of anilines is 1. The van der Waals surface area contributed by atoms with E-state index in [4.69, 9.17) is 10.5 Å². The van der Waals surface area contributed by atoms with Gasteiger partial charge in [0.25, 0.3) is 0 Å². The number of nitrogens with one attached hydrogen (secondary N) is 1. The third kappa shape index (κ3) is 3.49. The van der Waals surface area contributed by atoms with Crippen molar-refractivity contribution in [1.82, 2.24) is 25.4 Å². The van der Waals surface area contributed by atoms with Gasteiger partial charge in [-0.3, -0.25) is 4.98 Å². The average Bonchev–Trinajstić information content (AvgIpc) is 3.14. The van der Waals surface area contributed by atoms with E-state index in [1.807, 2.05) is 12.1 Å². The van der Waals surface area contributed by atoms with Crippen LogP contribution in [0.3, 0.4) is 0 Å². The van der Waals surface area contributed by atoms with Gasteiger partial charge < -0.3 is 10.5 Å². The van der Waals surface area contributed by atoms with Crippen LogP contribution in [0.15, 0.2) is 53.7 Å². The van der Waals surface area contributed by atoms with Crippen molar-refractivity contribution in [3.8, 4) is 16.9 Å². The van der Waals surface area contributed by atoms with E-state index in [1.54, 1.807) is 30.6 Å². The van der Waals surface area contributed by atoms with Crippen LogP contribution in [0.1, 0.15) is 5.56 Å². The molecule has 9 nitrogen and oxygen atoms in total. The molecule has 28 heavy (non-hydrogen) atoms. The number of aromatic amines is 1. The van der Waals surface area contributed by atoms with E-state index in [-0.39, 0.29) is 17.3 Å². The Balaban J connectivity index is 1.70. The summed E-state index contributed by atoms with van der Waals surface area (Å²) in [4.78, 5) is 8.31. The second-order valence-electron chi connectivity index (χ2n) is 6.17. The molecule has 1 aromatic carbocycles. The molecule has 0 atom stereocenters. The molecule has 0 aliphatic carbocycles. The first-order valence-corrected chi connectivity index (χ1v) is 10.1. The fourth-order valence-corrected chi connectivity index (χ4v) is 3.77. The van der Waals surface area contributed by atoms with Crippen molar-refractivity contribution in [1.29, 1.82) is 0 Å². The summed E-state index contributed by atoms with van der Waals surface area (Å²) in [7, 11) is -3.48. The molecule has 0 saturated heterocycles. The molecule has 0 unspecified atom stereocenters. The number of sulfone groups is 1. The highest BCUT2D eigenvalue weighted by atomic mass is 32.2. The monoisotopic (exact) mass is 396 g/mol. The van der Waals surface area contributed by atoms with Crippen LogP contribution in [-0.4, -0.2) is 40.1 Å². The van der Waals surface area contributed by atoms with Crippen molar-refractivity contribution >= 4 is 26.8 Å². The van der Waals surface area contributed by atoms with Crippen molar-refractivity contribution < 1.29 is 13.2 Å². The lowest BCUT2D eigenvalue weighted by Crippen LogP contribution is -2.06. The number of hydrogen-bond donors (Lipinski definition) is 2. The molecular formula is C18H16N6O3S. The van der Waals surface area contributed by atoms with Crippen LogP contribution >= 0.6 is 0 Å². The van der Waals surface area contributed by atoms with E-state index in [0.717, 1.165) is 11.1 Å². The minimum Gasteiger partial charge on any atom is -0.486 e. The molecule has 0 fully saturated rings. The Kier molecular flexibility index (Phi) is 4.40. The molecule has 142 valence electrons. The lowest BCUT2D eigenvalue weighted by molar-refractivity contribution is 0.306. The van der Waals surface area contributed by atoms with E-state index in [0.29, 0.717) is 22.5 Å². The van der Waals surface area contributed by atoms with Crippen LogP contribution in [0, 0.1) is 0 Å². The SMILES string of the molecule is CS(=O)(=O)c1cc(-c2cccnc2)ccc1COc1cc(N)nc2n[nH]nc12. The summed E-state index contributed by atoms with van der Waals surface area (Å²) in [6.45, 7) is 0.0150. The number of H-pyrrole nitrogens is 1. The average molecular weight is 396 g/mol. The van der Waals surface area contributed by atoms with Gasteiger partial charge in [0.2, 0.25) is 5.65 Å². The number of nitrogen functional groups attached to an aromatic ring is 1. The third-order valence-corrected chi connectivity index (χ3v) is 5.30. The van der Waals surface area contributed by atoms with Gasteiger partial charge in [-0.2, -0.15) is 10.3 Å². The van der Waals surface area contributed by atoms with Crippen LogP contribution in [0.25, 0.3) is 22.3 Å². The van der Waals surface area contributed by atoms with Gasteiger partial charge >= 0.3 is 0 Å². The summed E-state index contributed by atoms with van der Waals surface area (Å²) in [5.74, 6) is 0.596. The number of nitrogens with two attached hydrogens (primary N) is 1. The van der Waals surface area contributed by atoms with Gasteiger partial charge in [0.15, 0.2) is 21.1 Å². The van der Waals surface area contributed by atoms with Crippen LogP contribution in [-0.2, 0) is 16.4 Å². The normalized spacial score (nSPS) is 11.6. The van der Waals surface area contributed by atoms with Crippen LogP contribution < -0.4 is 10.5 Å². The molecule has 0 amide bonds. The fraction of sp³-hybridized carbons (Fsp3) is 0.111. The first-order chi connectivity index (χ1) is 13.4. The quantitative estimate of drug-likeness (QED) is 0.522. The van der Waals surface area contributed by atoms with Crippen LogP contribution in [0.2, 0.25) is 0 Å². The first-order valence-electron chi connectivity index (χ1n) is 8.25. The molecule has 4 rings (SSSR count). The van der Waals surface area contributed by atoms with E-state index >= 15 is 0 Å². The Morgan fingerprint density at radius 2 is 2.00 bits per heavy atom. The highest BCUT2D eigenvalue weighted by molar-refractivity contribution is 7.90. The molecule has 3 N–H and O–H groups in total. The maximum Gasteiger partial charge on any atom is 0.207 e. The number of aromatic nitrogens is 5. The molecule has 3 heterocycles. The Morgan fingerprint density at radius 1 is 1.14 bits per heavy atom. The second-order valence-corrected chi connectivity index (χ2v) is 8.15. The third-order valence-electron chi connectivity index (χ3n) is 4.12. The number of pyridine rings is 2. The van der Waals surface area contributed by atoms with Gasteiger partial charge in [0, 0.05) is 35.8 Å². The van der Waals surface area contributed by atoms with E-state index in [1.165, 1.54) is 12.3 Å². The summed E-state index contributed by atoms with van der Waals surface area (Å²) in [5, 5.41) is 10.3. The maximum absolute atomic E-state index is 12.3. The molecule has 0 aliphatic heterocycles. The van der Waals surface area contributed by atoms with Crippen LogP contribution in [0.4, 0.5) is 5.82 Å². The second kappa shape index (κ2) is 6.89. The van der Waals surface area contributed by atoms with Gasteiger partial charge in [-0.15, -0.1) is 5.10 Å². The van der Waals surface area contributed by atoms with E-state index in [2.05, 4.69) is 25.4 Å². The summed E-state index contributed by atoms with van der Waals surface area (Å²) in [6, 6.07) is 10.4. The zero-order valence-electron chi connectivity index (χ0n) is 14.8. The lowest BCUT2D eigenvalue weighted by Gasteiger charge is -2.12. The standard InChI is InChI=1S/C18H16N6O3S/c1-28(25,26)15-7-11(12-3-2-6-20-9-12)4-5-13(15)10-27-14-8-16(19)21-18-17(14)22-24-23-18/h2-9H,10H2,1H3,(H3,19,21,22,23,24). The summed E-state index contributed by atoms with van der Waals surface area (Å²) < 4.78 is 30.5. The molecule has 0 bridgehead atoms. The van der Waals surface area contributed by atoms with E-state index in [9.17, 15) is 8.42 Å². The Labute approximate surface area is 160 Å². The van der Waals surface area contributed by atoms with Crippen molar-refractivity contribution in [3.05, 3.63) is 54.4 Å². The van der Waals surface area contributed by atoms with Gasteiger partial charge in [-0.25, -0.2) is 13.4 Å². The van der Waals surface area contributed by atoms with Crippen LogP contribution in [0.5, 0.6) is 5.75 Å². The van der Waals surface area contributed by atoms with Crippen molar-refractivity contribution in [3.63, 3.8) is 0 Å². The number of rotatable bonds is 5. The fourth-order valence-electron chi connectivity index (χ4n) is 2.82. The summed E-state index contributed by atoms with van der Waals surface area (Å²) >= 11 is 0. The zero-order chi connectivity index (χ0) is 19.7. The van der Waals surface area contributed by atoms with Gasteiger partial charge in [0.05, 0.1) is 4.90 Å². The molecule has 0 saturated carbocycles. The predicted octanol–water partition coefficient (Wildman–Crippen LogP) is 1.98. The van der Waals surface area contributed by atoms with Crippen molar-refractivity contribution in [2.45, 2.75) is 11.5 Å². The number of hydrogen-bond acceptors (Lipinski definition) is 8. The molecular weight excluding hydrogens is 380 g/mol. The first kappa shape index (κ1) is 17.9. The number of ether oxygens (including phenoxy) is 1. The van der Waals surface area contributed by atoms with Crippen molar-refractivity contribution in [2.24, 2.45) is 0 Å². The molecule has 4 aromatic rings. The summed E-state index contributed by atoms with van der Waals surface area (Å²) in [5.41, 5.74) is 8.60. The Bertz CT molecular complexity index is 1260. The highest BCUT2D eigenvalue weighted by Gasteiger charge is 2.17. The number of nitrogens with zero attached hydrogens (tertiary/aromatic N) is 4. The molecule has 10 heteroatoms. The van der Waals surface area contributed by atoms with E-state index < -0.39 is 9.84 Å². The molecule has 0 radical (unpaired) electrons. The maximum atomic E-state index is 12.3. The highest BCUT2D eigenvalue weighted by Crippen LogP contribution is 2.28. The van der Waals surface area contributed by atoms with Gasteiger partial charge in [-0.05, 0) is 17.7 Å². The minimum absolute atomic E-state index is 0.0150. The summed E-state index contributed by atoms with van der Waals surface area (Å²) in [6.07, 6.45) is 4.51. The zero-order valence-corrected chi connectivity index (χ0v) is 15.6. The molecule has 0 aliphatic rings. The Hall–Kier alpha value is -3.53. The molecule has 0 spiro atoms. The number of fused-ring (bicyclic) bond motifs is 1. The minimum atomic E-state index is -3.48. The number of benzene rings is 1. The topological polar surface area (TPSA) is 137 Å². The van der Waals surface area contributed by atoms with Gasteiger partial charge in [0.1, 0.15) is 12.4 Å². The predicted molar refractivity (Wildman–Crippen MR) is 103 cm³/mol. The smallest absolute Gasteiger partial charge is 0.207 e. The molecule has 3 aromatic heterocycles. The van der Waals surface area contributed by atoms with Crippen molar-refractivity contribution in [2.75, 3.05) is 12.0 Å². The van der Waals surface area contributed by atoms with Gasteiger partial charge in [-0.1, -0.05) is 18.2 Å². The lowest BCUT2D eigenvalue weighted by atomic mass is 10.1.